The third-order valence-electron chi connectivity index (χ3n) is 5.97. The average Bonchev–Trinajstić information content (AvgIpc) is 2.71. The topological polar surface area (TPSA) is 6.02 Å². The fourth-order valence-electron chi connectivity index (χ4n) is 4.39. The first-order chi connectivity index (χ1) is 12.8. The number of benzene rings is 2. The van der Waals surface area contributed by atoms with Crippen LogP contribution in [0.3, 0.4) is 0 Å². The Morgan fingerprint density at radius 2 is 1.50 bits per heavy atom. The van der Waals surface area contributed by atoms with Crippen LogP contribution in [-0.4, -0.2) is 47.3 Å². The molecule has 2 heteroatoms. The normalized spacial score (nSPS) is 17.0. The van der Waals surface area contributed by atoms with E-state index in [-0.39, 0.29) is 0 Å². The Balaban J connectivity index is 1.37. The molecular formula is C24H30N2+2. The molecule has 0 saturated carbocycles. The average molecular weight is 347 g/mol. The quantitative estimate of drug-likeness (QED) is 0.699. The van der Waals surface area contributed by atoms with Crippen molar-refractivity contribution in [1.82, 2.24) is 0 Å². The van der Waals surface area contributed by atoms with E-state index in [1.807, 2.05) is 0 Å². The van der Waals surface area contributed by atoms with Crippen molar-refractivity contribution in [2.24, 2.45) is 0 Å². The summed E-state index contributed by atoms with van der Waals surface area (Å²) in [5.41, 5.74) is 5.82. The predicted octanol–water partition coefficient (Wildman–Crippen LogP) is 3.92. The predicted molar refractivity (Wildman–Crippen MR) is 109 cm³/mol. The Labute approximate surface area is 157 Å². The van der Waals surface area contributed by atoms with Gasteiger partial charge in [-0.15, -0.1) is 0 Å². The first kappa shape index (κ1) is 17.2. The smallest absolute Gasteiger partial charge is 0.171 e. The molecule has 0 bridgehead atoms. The fourth-order valence-corrected chi connectivity index (χ4v) is 4.39. The summed E-state index contributed by atoms with van der Waals surface area (Å²) in [4.78, 5) is 0. The monoisotopic (exact) mass is 346 g/mol. The summed E-state index contributed by atoms with van der Waals surface area (Å²) in [7, 11) is 0. The second-order valence-electron chi connectivity index (χ2n) is 7.63. The zero-order valence-electron chi connectivity index (χ0n) is 15.9. The van der Waals surface area contributed by atoms with E-state index in [9.17, 15) is 0 Å². The molecule has 2 aliphatic heterocycles. The molecule has 0 spiro atoms. The molecule has 0 fully saturated rings. The van der Waals surface area contributed by atoms with Crippen molar-refractivity contribution in [3.8, 4) is 0 Å². The van der Waals surface area contributed by atoms with E-state index in [4.69, 9.17) is 0 Å². The molecule has 0 N–H and O–H groups in total. The molecule has 0 aromatic heterocycles. The fraction of sp³-hybridized carbons (Fsp3) is 0.417. The van der Waals surface area contributed by atoms with Crippen LogP contribution < -0.4 is 0 Å². The molecule has 0 amide bonds. The van der Waals surface area contributed by atoms with Crippen LogP contribution in [0.2, 0.25) is 0 Å². The van der Waals surface area contributed by atoms with Gasteiger partial charge in [0.1, 0.15) is 19.6 Å². The van der Waals surface area contributed by atoms with Gasteiger partial charge in [-0.25, -0.2) is 9.15 Å². The number of hydrogen-bond donors (Lipinski definition) is 0. The van der Waals surface area contributed by atoms with Crippen LogP contribution in [0.15, 0.2) is 48.5 Å². The Bertz CT molecular complexity index is 832. The highest BCUT2D eigenvalue weighted by atomic mass is 15.0. The SMILES string of the molecule is CCC(CCC[N+]1=Cc2ccccc2CC1)[N+]1=Cc2ccccc2CC1. The van der Waals surface area contributed by atoms with E-state index >= 15 is 0 Å². The summed E-state index contributed by atoms with van der Waals surface area (Å²) in [5.74, 6) is 0. The molecule has 1 atom stereocenters. The Morgan fingerprint density at radius 3 is 2.23 bits per heavy atom. The minimum absolute atomic E-state index is 0.667. The molecule has 2 aliphatic rings. The highest BCUT2D eigenvalue weighted by Crippen LogP contribution is 2.16. The second-order valence-corrected chi connectivity index (χ2v) is 7.63. The molecule has 134 valence electrons. The van der Waals surface area contributed by atoms with Crippen molar-refractivity contribution in [2.45, 2.75) is 45.1 Å². The number of nitrogens with zero attached hydrogens (tertiary/aromatic N) is 2. The van der Waals surface area contributed by atoms with Crippen molar-refractivity contribution in [3.05, 3.63) is 70.8 Å². The summed E-state index contributed by atoms with van der Waals surface area (Å²) < 4.78 is 5.11. The number of hydrogen-bond acceptors (Lipinski definition) is 0. The van der Waals surface area contributed by atoms with Gasteiger partial charge in [-0.1, -0.05) is 43.3 Å². The number of fused-ring (bicyclic) bond motifs is 2. The van der Waals surface area contributed by atoms with Crippen LogP contribution >= 0.6 is 0 Å². The largest absolute Gasteiger partial charge is 0.235 e. The maximum absolute atomic E-state index is 2.59. The molecule has 2 nitrogen and oxygen atoms in total. The molecular weight excluding hydrogens is 316 g/mol. The third-order valence-corrected chi connectivity index (χ3v) is 5.97. The summed E-state index contributed by atoms with van der Waals surface area (Å²) in [6, 6.07) is 18.3. The molecule has 4 rings (SSSR count). The van der Waals surface area contributed by atoms with Crippen molar-refractivity contribution in [1.29, 1.82) is 0 Å². The van der Waals surface area contributed by atoms with Crippen LogP contribution in [0.4, 0.5) is 0 Å². The van der Waals surface area contributed by atoms with E-state index in [1.54, 1.807) is 0 Å². The third kappa shape index (κ3) is 3.80. The van der Waals surface area contributed by atoms with E-state index in [2.05, 4.69) is 77.0 Å². The lowest BCUT2D eigenvalue weighted by Crippen LogP contribution is -2.33. The molecule has 0 saturated heterocycles. The standard InChI is InChI=1S/C24H30N2/c1-2-24(26-17-14-21-9-4-6-11-23(21)19-26)12-7-15-25-16-13-20-8-3-5-10-22(20)18-25/h3-6,8-11,18-19,24H,2,7,12-17H2,1H3/q+2. The zero-order chi connectivity index (χ0) is 17.8. The van der Waals surface area contributed by atoms with Gasteiger partial charge in [0, 0.05) is 43.2 Å². The van der Waals surface area contributed by atoms with E-state index in [0.717, 1.165) is 6.54 Å². The molecule has 0 radical (unpaired) electrons. The molecule has 0 aliphatic carbocycles. The lowest BCUT2D eigenvalue weighted by molar-refractivity contribution is -0.567. The van der Waals surface area contributed by atoms with Crippen molar-refractivity contribution < 1.29 is 9.15 Å². The summed E-state index contributed by atoms with van der Waals surface area (Å²) >= 11 is 0. The zero-order valence-corrected chi connectivity index (χ0v) is 15.9. The van der Waals surface area contributed by atoms with Crippen LogP contribution in [0, 0.1) is 0 Å². The summed E-state index contributed by atoms with van der Waals surface area (Å²) in [6.07, 6.45) is 10.9. The van der Waals surface area contributed by atoms with Crippen LogP contribution in [0.5, 0.6) is 0 Å². The molecule has 2 heterocycles. The second kappa shape index (κ2) is 7.99. The van der Waals surface area contributed by atoms with Gasteiger partial charge < -0.3 is 0 Å². The van der Waals surface area contributed by atoms with Gasteiger partial charge >= 0.3 is 0 Å². The van der Waals surface area contributed by atoms with Gasteiger partial charge in [0.2, 0.25) is 0 Å². The maximum atomic E-state index is 2.59. The highest BCUT2D eigenvalue weighted by Gasteiger charge is 2.24. The van der Waals surface area contributed by atoms with E-state index in [0.29, 0.717) is 6.04 Å². The maximum Gasteiger partial charge on any atom is 0.171 e. The van der Waals surface area contributed by atoms with Crippen molar-refractivity contribution >= 4 is 12.4 Å². The van der Waals surface area contributed by atoms with E-state index < -0.39 is 0 Å². The van der Waals surface area contributed by atoms with Gasteiger partial charge in [-0.3, -0.25) is 0 Å². The minimum atomic E-state index is 0.667. The Hall–Kier alpha value is -2.22. The Morgan fingerprint density at radius 1 is 0.846 bits per heavy atom. The number of rotatable bonds is 6. The van der Waals surface area contributed by atoms with Crippen molar-refractivity contribution in [3.63, 3.8) is 0 Å². The lowest BCUT2D eigenvalue weighted by atomic mass is 9.99. The van der Waals surface area contributed by atoms with E-state index in [1.165, 1.54) is 67.4 Å². The first-order valence-electron chi connectivity index (χ1n) is 10.2. The Kier molecular flexibility index (Phi) is 5.29. The van der Waals surface area contributed by atoms with Crippen LogP contribution in [0.25, 0.3) is 0 Å². The van der Waals surface area contributed by atoms with Crippen LogP contribution in [-0.2, 0) is 12.8 Å². The molecule has 26 heavy (non-hydrogen) atoms. The van der Waals surface area contributed by atoms with Gasteiger partial charge in [-0.2, -0.15) is 0 Å². The summed E-state index contributed by atoms with van der Waals surface area (Å²) in [5, 5.41) is 0. The minimum Gasteiger partial charge on any atom is -0.235 e. The molecule has 2 aromatic rings. The van der Waals surface area contributed by atoms with Gasteiger partial charge in [0.25, 0.3) is 0 Å². The molecule has 2 aromatic carbocycles. The van der Waals surface area contributed by atoms with Gasteiger partial charge in [-0.05, 0) is 23.3 Å². The van der Waals surface area contributed by atoms with Crippen LogP contribution in [0.1, 0.15) is 48.4 Å². The lowest BCUT2D eigenvalue weighted by Gasteiger charge is -2.19. The van der Waals surface area contributed by atoms with Gasteiger partial charge in [0.15, 0.2) is 18.5 Å². The summed E-state index contributed by atoms with van der Waals surface area (Å²) in [6.45, 7) is 5.84. The first-order valence-corrected chi connectivity index (χ1v) is 10.2. The highest BCUT2D eigenvalue weighted by molar-refractivity contribution is 5.79. The molecule has 1 unspecified atom stereocenters. The van der Waals surface area contributed by atoms with Crippen molar-refractivity contribution in [2.75, 3.05) is 19.6 Å². The van der Waals surface area contributed by atoms with Gasteiger partial charge in [0.05, 0.1) is 0 Å².